The molecule has 0 aliphatic carbocycles. The van der Waals surface area contributed by atoms with E-state index in [1.54, 1.807) is 48.1 Å². The van der Waals surface area contributed by atoms with Crippen LogP contribution in [0, 0.1) is 0 Å². The second-order valence-electron chi connectivity index (χ2n) is 8.61. The Morgan fingerprint density at radius 3 is 2.58 bits per heavy atom. The Kier molecular flexibility index (Phi) is 6.60. The standard InChI is InChI=1S/C25H25ClN6O4/c1-35-19-8-7-15(13-20(19)36-2)14-32-23-21(29-30-32)24(33)28-22(27-23)16-9-11-31(12-10-16)25(34)17-5-3-4-6-18(17)26/h3-8,13,16H,9-12,14H2,1-2H3,(H,27,28,33). The monoisotopic (exact) mass is 508 g/mol. The summed E-state index contributed by atoms with van der Waals surface area (Å²) in [5, 5.41) is 8.64. The van der Waals surface area contributed by atoms with Gasteiger partial charge < -0.3 is 19.4 Å². The van der Waals surface area contributed by atoms with Crippen LogP contribution in [0.2, 0.25) is 5.02 Å². The summed E-state index contributed by atoms with van der Waals surface area (Å²) in [5.74, 6) is 1.72. The molecule has 2 aromatic carbocycles. The average molecular weight is 509 g/mol. The van der Waals surface area contributed by atoms with E-state index >= 15 is 0 Å². The first-order valence-corrected chi connectivity index (χ1v) is 11.9. The molecule has 4 aromatic rings. The zero-order valence-corrected chi connectivity index (χ0v) is 20.7. The van der Waals surface area contributed by atoms with Gasteiger partial charge in [-0.2, -0.15) is 0 Å². The van der Waals surface area contributed by atoms with E-state index in [0.29, 0.717) is 66.0 Å². The zero-order chi connectivity index (χ0) is 25.2. The highest BCUT2D eigenvalue weighted by Gasteiger charge is 2.27. The van der Waals surface area contributed by atoms with Crippen LogP contribution in [0.15, 0.2) is 47.3 Å². The first-order valence-electron chi connectivity index (χ1n) is 11.6. The van der Waals surface area contributed by atoms with E-state index in [-0.39, 0.29) is 22.9 Å². The number of benzene rings is 2. The Balaban J connectivity index is 1.35. The number of carbonyl (C=O) groups excluding carboxylic acids is 1. The zero-order valence-electron chi connectivity index (χ0n) is 19.9. The first kappa shape index (κ1) is 23.8. The van der Waals surface area contributed by atoms with Gasteiger partial charge in [0.2, 0.25) is 0 Å². The molecule has 0 saturated carbocycles. The molecular formula is C25H25ClN6O4. The second kappa shape index (κ2) is 9.98. The molecule has 1 saturated heterocycles. The number of methoxy groups -OCH3 is 2. The van der Waals surface area contributed by atoms with Crippen LogP contribution >= 0.6 is 11.6 Å². The number of hydrogen-bond acceptors (Lipinski definition) is 7. The molecule has 0 atom stereocenters. The van der Waals surface area contributed by atoms with Gasteiger partial charge >= 0.3 is 0 Å². The summed E-state index contributed by atoms with van der Waals surface area (Å²) < 4.78 is 12.3. The predicted molar refractivity (Wildman–Crippen MR) is 134 cm³/mol. The number of likely N-dealkylation sites (tertiary alicyclic amines) is 1. The molecule has 186 valence electrons. The fourth-order valence-electron chi connectivity index (χ4n) is 4.50. The fraction of sp³-hybridized carbons (Fsp3) is 0.320. The van der Waals surface area contributed by atoms with Gasteiger partial charge in [0.1, 0.15) is 5.82 Å². The van der Waals surface area contributed by atoms with Crippen molar-refractivity contribution in [3.05, 3.63) is 74.8 Å². The van der Waals surface area contributed by atoms with Crippen molar-refractivity contribution in [3.8, 4) is 11.5 Å². The summed E-state index contributed by atoms with van der Waals surface area (Å²) in [6.45, 7) is 1.44. The van der Waals surface area contributed by atoms with Gasteiger partial charge in [-0.05, 0) is 42.7 Å². The third kappa shape index (κ3) is 4.51. The Morgan fingerprint density at radius 2 is 1.86 bits per heavy atom. The van der Waals surface area contributed by atoms with Gasteiger partial charge in [-0.25, -0.2) is 9.67 Å². The lowest BCUT2D eigenvalue weighted by atomic mass is 9.95. The van der Waals surface area contributed by atoms with Gasteiger partial charge in [-0.15, -0.1) is 5.10 Å². The Labute approximate surface area is 211 Å². The number of fused-ring (bicyclic) bond motifs is 1. The quantitative estimate of drug-likeness (QED) is 0.425. The number of nitrogens with one attached hydrogen (secondary N) is 1. The minimum absolute atomic E-state index is 0.00169. The molecule has 5 rings (SSSR count). The summed E-state index contributed by atoms with van der Waals surface area (Å²) in [7, 11) is 3.16. The topological polar surface area (TPSA) is 115 Å². The molecule has 1 aliphatic heterocycles. The van der Waals surface area contributed by atoms with E-state index < -0.39 is 0 Å². The molecule has 0 spiro atoms. The molecule has 3 heterocycles. The third-order valence-corrected chi connectivity index (χ3v) is 6.78. The smallest absolute Gasteiger partial charge is 0.281 e. The van der Waals surface area contributed by atoms with Gasteiger partial charge in [-0.3, -0.25) is 9.59 Å². The highest BCUT2D eigenvalue weighted by atomic mass is 35.5. The van der Waals surface area contributed by atoms with Crippen LogP contribution in [0.4, 0.5) is 0 Å². The lowest BCUT2D eigenvalue weighted by molar-refractivity contribution is 0.0711. The van der Waals surface area contributed by atoms with E-state index in [1.165, 1.54) is 0 Å². The van der Waals surface area contributed by atoms with Crippen LogP contribution in [0.25, 0.3) is 11.2 Å². The van der Waals surface area contributed by atoms with E-state index in [2.05, 4.69) is 15.3 Å². The summed E-state index contributed by atoms with van der Waals surface area (Å²) in [6.07, 6.45) is 1.34. The molecule has 2 aromatic heterocycles. The Morgan fingerprint density at radius 1 is 1.11 bits per heavy atom. The number of nitrogens with zero attached hydrogens (tertiary/aromatic N) is 5. The molecule has 0 bridgehead atoms. The molecule has 0 unspecified atom stereocenters. The molecule has 1 amide bonds. The van der Waals surface area contributed by atoms with Crippen LogP contribution in [0.5, 0.6) is 11.5 Å². The number of hydrogen-bond donors (Lipinski definition) is 1. The number of rotatable bonds is 6. The number of aromatic amines is 1. The lowest BCUT2D eigenvalue weighted by Gasteiger charge is -2.31. The minimum Gasteiger partial charge on any atom is -0.493 e. The largest absolute Gasteiger partial charge is 0.493 e. The van der Waals surface area contributed by atoms with Gasteiger partial charge in [0, 0.05) is 19.0 Å². The molecule has 36 heavy (non-hydrogen) atoms. The van der Waals surface area contributed by atoms with E-state index in [4.69, 9.17) is 26.1 Å². The average Bonchev–Trinajstić information content (AvgIpc) is 3.31. The maximum atomic E-state index is 12.9. The highest BCUT2D eigenvalue weighted by Crippen LogP contribution is 2.29. The summed E-state index contributed by atoms with van der Waals surface area (Å²) >= 11 is 6.21. The normalized spacial score (nSPS) is 14.2. The molecule has 10 nitrogen and oxygen atoms in total. The van der Waals surface area contributed by atoms with Crippen molar-refractivity contribution in [1.29, 1.82) is 0 Å². The number of ether oxygens (including phenoxy) is 2. The second-order valence-corrected chi connectivity index (χ2v) is 9.01. The maximum absolute atomic E-state index is 12.9. The van der Waals surface area contributed by atoms with Crippen LogP contribution in [0.1, 0.15) is 40.5 Å². The summed E-state index contributed by atoms with van der Waals surface area (Å²) in [6, 6.07) is 12.6. The fourth-order valence-corrected chi connectivity index (χ4v) is 4.71. The molecule has 1 fully saturated rings. The summed E-state index contributed by atoms with van der Waals surface area (Å²) in [5.41, 5.74) is 1.66. The minimum atomic E-state index is -0.330. The number of aromatic nitrogens is 5. The van der Waals surface area contributed by atoms with Crippen molar-refractivity contribution in [1.82, 2.24) is 29.9 Å². The molecule has 1 aliphatic rings. The Hall–Kier alpha value is -3.92. The van der Waals surface area contributed by atoms with Crippen molar-refractivity contribution in [2.75, 3.05) is 27.3 Å². The number of amides is 1. The number of piperidine rings is 1. The number of carbonyl (C=O) groups is 1. The number of H-pyrrole nitrogens is 1. The van der Waals surface area contributed by atoms with E-state index in [9.17, 15) is 9.59 Å². The summed E-state index contributed by atoms with van der Waals surface area (Å²) in [4.78, 5) is 35.1. The van der Waals surface area contributed by atoms with E-state index in [0.717, 1.165) is 5.56 Å². The molecular weight excluding hydrogens is 484 g/mol. The van der Waals surface area contributed by atoms with Crippen molar-refractivity contribution < 1.29 is 14.3 Å². The molecule has 11 heteroatoms. The Bertz CT molecular complexity index is 1480. The van der Waals surface area contributed by atoms with Gasteiger partial charge in [-0.1, -0.05) is 35.0 Å². The van der Waals surface area contributed by atoms with Crippen LogP contribution in [-0.4, -0.2) is 63.1 Å². The molecule has 0 radical (unpaired) electrons. The van der Waals surface area contributed by atoms with Crippen molar-refractivity contribution in [2.24, 2.45) is 0 Å². The molecule has 1 N–H and O–H groups in total. The van der Waals surface area contributed by atoms with Gasteiger partial charge in [0.25, 0.3) is 11.5 Å². The van der Waals surface area contributed by atoms with Crippen molar-refractivity contribution in [2.45, 2.75) is 25.3 Å². The van der Waals surface area contributed by atoms with Gasteiger partial charge in [0.15, 0.2) is 22.7 Å². The maximum Gasteiger partial charge on any atom is 0.281 e. The van der Waals surface area contributed by atoms with E-state index in [1.807, 2.05) is 18.2 Å². The third-order valence-electron chi connectivity index (χ3n) is 6.45. The highest BCUT2D eigenvalue weighted by molar-refractivity contribution is 6.33. The van der Waals surface area contributed by atoms with Gasteiger partial charge in [0.05, 0.1) is 31.4 Å². The lowest BCUT2D eigenvalue weighted by Crippen LogP contribution is -2.38. The van der Waals surface area contributed by atoms with Crippen molar-refractivity contribution >= 4 is 28.7 Å². The number of halogens is 1. The predicted octanol–water partition coefficient (Wildman–Crippen LogP) is 3.25. The first-order chi connectivity index (χ1) is 17.5. The van der Waals surface area contributed by atoms with Crippen LogP contribution in [-0.2, 0) is 6.54 Å². The van der Waals surface area contributed by atoms with Crippen molar-refractivity contribution in [3.63, 3.8) is 0 Å². The van der Waals surface area contributed by atoms with Crippen LogP contribution < -0.4 is 15.0 Å². The SMILES string of the molecule is COc1ccc(Cn2nnc3c(=O)[nH]c(C4CCN(C(=O)c5ccccc5Cl)CC4)nc32)cc1OC. The van der Waals surface area contributed by atoms with Crippen LogP contribution in [0.3, 0.4) is 0 Å².